The summed E-state index contributed by atoms with van der Waals surface area (Å²) in [5, 5.41) is 2.69. The number of alkyl halides is 3. The third kappa shape index (κ3) is 5.21. The molecule has 0 aliphatic carbocycles. The van der Waals surface area contributed by atoms with Crippen molar-refractivity contribution in [3.8, 4) is 0 Å². The van der Waals surface area contributed by atoms with Crippen LogP contribution in [0.5, 0.6) is 0 Å². The van der Waals surface area contributed by atoms with Crippen LogP contribution in [0.4, 0.5) is 18.9 Å². The zero-order valence-electron chi connectivity index (χ0n) is 14.3. The molecule has 0 bridgehead atoms. The van der Waals surface area contributed by atoms with Crippen LogP contribution in [0, 0.1) is 6.92 Å². The molecule has 0 heterocycles. The zero-order valence-corrected chi connectivity index (χ0v) is 15.8. The van der Waals surface area contributed by atoms with E-state index in [-0.39, 0.29) is 10.7 Å². The smallest absolute Gasteiger partial charge is 0.323 e. The maximum atomic E-state index is 13.1. The summed E-state index contributed by atoms with van der Waals surface area (Å²) in [5.74, 6) is -0.770. The SMILES string of the molecule is Cc1ccc(NC(=O)[C@H](C)NS(=O)(=O)c2ccccc2C(F)(F)F)c(Cl)c1. The van der Waals surface area contributed by atoms with Crippen molar-refractivity contribution in [2.75, 3.05) is 5.32 Å². The highest BCUT2D eigenvalue weighted by molar-refractivity contribution is 7.89. The Morgan fingerprint density at radius 1 is 1.15 bits per heavy atom. The van der Waals surface area contributed by atoms with E-state index in [0.717, 1.165) is 17.7 Å². The van der Waals surface area contributed by atoms with Crippen molar-refractivity contribution in [3.05, 3.63) is 58.6 Å². The summed E-state index contributed by atoms with van der Waals surface area (Å²) in [6, 6.07) is 7.22. The second-order valence-corrected chi connectivity index (χ2v) is 7.90. The van der Waals surface area contributed by atoms with Gasteiger partial charge in [-0.25, -0.2) is 8.42 Å². The minimum atomic E-state index is -4.85. The number of nitrogens with one attached hydrogen (secondary N) is 2. The Labute approximate surface area is 159 Å². The van der Waals surface area contributed by atoms with Gasteiger partial charge in [0.05, 0.1) is 27.2 Å². The number of hydrogen-bond acceptors (Lipinski definition) is 3. The van der Waals surface area contributed by atoms with Gasteiger partial charge in [0.1, 0.15) is 0 Å². The molecule has 0 aromatic heterocycles. The number of amides is 1. The molecule has 0 saturated heterocycles. The summed E-state index contributed by atoms with van der Waals surface area (Å²) in [6.45, 7) is 3.01. The van der Waals surface area contributed by atoms with Crippen LogP contribution in [0.1, 0.15) is 18.1 Å². The average molecular weight is 421 g/mol. The molecule has 10 heteroatoms. The highest BCUT2D eigenvalue weighted by Gasteiger charge is 2.37. The van der Waals surface area contributed by atoms with Crippen LogP contribution in [0.3, 0.4) is 0 Å². The number of aryl methyl sites for hydroxylation is 1. The van der Waals surface area contributed by atoms with Crippen LogP contribution in [-0.4, -0.2) is 20.4 Å². The molecule has 2 rings (SSSR count). The maximum absolute atomic E-state index is 13.1. The van der Waals surface area contributed by atoms with E-state index in [9.17, 15) is 26.4 Å². The van der Waals surface area contributed by atoms with E-state index in [0.29, 0.717) is 6.07 Å². The molecule has 0 aliphatic rings. The first-order chi connectivity index (χ1) is 12.4. The number of carbonyl (C=O) groups excluding carboxylic acids is 1. The zero-order chi connectivity index (χ0) is 20.4. The average Bonchev–Trinajstić information content (AvgIpc) is 2.56. The number of carbonyl (C=O) groups is 1. The van der Waals surface area contributed by atoms with E-state index in [1.54, 1.807) is 19.1 Å². The lowest BCUT2D eigenvalue weighted by atomic mass is 10.2. The van der Waals surface area contributed by atoms with Gasteiger partial charge >= 0.3 is 6.18 Å². The Morgan fingerprint density at radius 2 is 1.78 bits per heavy atom. The molecule has 0 saturated carbocycles. The topological polar surface area (TPSA) is 75.3 Å². The van der Waals surface area contributed by atoms with Crippen molar-refractivity contribution >= 4 is 33.2 Å². The molecule has 1 atom stereocenters. The van der Waals surface area contributed by atoms with E-state index >= 15 is 0 Å². The normalized spacial score (nSPS) is 13.3. The monoisotopic (exact) mass is 420 g/mol. The molecule has 0 aliphatic heterocycles. The van der Waals surface area contributed by atoms with E-state index in [4.69, 9.17) is 11.6 Å². The molecular weight excluding hydrogens is 405 g/mol. The summed E-state index contributed by atoms with van der Waals surface area (Å²) in [7, 11) is -4.59. The number of anilines is 1. The van der Waals surface area contributed by atoms with Crippen molar-refractivity contribution in [1.82, 2.24) is 4.72 Å². The van der Waals surface area contributed by atoms with E-state index < -0.39 is 38.6 Å². The van der Waals surface area contributed by atoms with E-state index in [1.807, 2.05) is 4.72 Å². The Balaban J connectivity index is 2.21. The van der Waals surface area contributed by atoms with Gasteiger partial charge in [-0.1, -0.05) is 29.8 Å². The Hall–Kier alpha value is -2.10. The van der Waals surface area contributed by atoms with Crippen molar-refractivity contribution in [2.24, 2.45) is 0 Å². The van der Waals surface area contributed by atoms with Crippen LogP contribution in [0.2, 0.25) is 5.02 Å². The lowest BCUT2D eigenvalue weighted by molar-refractivity contribution is -0.139. The van der Waals surface area contributed by atoms with Gasteiger partial charge in [0.25, 0.3) is 0 Å². The molecule has 0 fully saturated rings. The van der Waals surface area contributed by atoms with Crippen molar-refractivity contribution in [3.63, 3.8) is 0 Å². The van der Waals surface area contributed by atoms with Crippen molar-refractivity contribution in [2.45, 2.75) is 31.0 Å². The molecule has 5 nitrogen and oxygen atoms in total. The fraction of sp³-hybridized carbons (Fsp3) is 0.235. The molecule has 2 N–H and O–H groups in total. The first-order valence-corrected chi connectivity index (χ1v) is 9.53. The van der Waals surface area contributed by atoms with Gasteiger partial charge in [0, 0.05) is 0 Å². The minimum Gasteiger partial charge on any atom is -0.323 e. The predicted octanol–water partition coefficient (Wildman–Crippen LogP) is 3.97. The number of rotatable bonds is 5. The number of halogens is 4. The predicted molar refractivity (Wildman–Crippen MR) is 96.0 cm³/mol. The summed E-state index contributed by atoms with van der Waals surface area (Å²) in [4.78, 5) is 11.3. The molecule has 27 heavy (non-hydrogen) atoms. The first kappa shape index (κ1) is 21.2. The van der Waals surface area contributed by atoms with Crippen LogP contribution < -0.4 is 10.0 Å². The highest BCUT2D eigenvalue weighted by Crippen LogP contribution is 2.34. The molecule has 0 radical (unpaired) electrons. The second-order valence-electron chi connectivity index (χ2n) is 5.81. The quantitative estimate of drug-likeness (QED) is 0.768. The van der Waals surface area contributed by atoms with E-state index in [1.165, 1.54) is 19.1 Å². The number of hydrogen-bond donors (Lipinski definition) is 2. The summed E-state index contributed by atoms with van der Waals surface area (Å²) < 4.78 is 65.8. The van der Waals surface area contributed by atoms with Crippen LogP contribution in [-0.2, 0) is 21.0 Å². The molecule has 2 aromatic carbocycles. The van der Waals surface area contributed by atoms with Gasteiger partial charge in [-0.05, 0) is 43.7 Å². The molecule has 146 valence electrons. The summed E-state index contributed by atoms with van der Waals surface area (Å²) in [6.07, 6.45) is -4.85. The lowest BCUT2D eigenvalue weighted by Gasteiger charge is -2.17. The van der Waals surface area contributed by atoms with Crippen molar-refractivity contribution in [1.29, 1.82) is 0 Å². The van der Waals surface area contributed by atoms with Gasteiger partial charge < -0.3 is 5.32 Å². The first-order valence-electron chi connectivity index (χ1n) is 7.67. The van der Waals surface area contributed by atoms with Gasteiger partial charge in [-0.15, -0.1) is 0 Å². The third-order valence-electron chi connectivity index (χ3n) is 3.59. The molecule has 0 unspecified atom stereocenters. The standard InChI is InChI=1S/C17H16ClF3N2O3S/c1-10-7-8-14(13(18)9-10)22-16(24)11(2)23-27(25,26)15-6-4-3-5-12(15)17(19,20)21/h3-9,11,23H,1-2H3,(H,22,24)/t11-/m0/s1. The number of sulfonamides is 1. The Kier molecular flexibility index (Phi) is 6.18. The highest BCUT2D eigenvalue weighted by atomic mass is 35.5. The largest absolute Gasteiger partial charge is 0.417 e. The van der Waals surface area contributed by atoms with Crippen molar-refractivity contribution < 1.29 is 26.4 Å². The van der Waals surface area contributed by atoms with E-state index in [2.05, 4.69) is 5.32 Å². The molecule has 2 aromatic rings. The molecular formula is C17H16ClF3N2O3S. The summed E-state index contributed by atoms with van der Waals surface area (Å²) >= 11 is 6.00. The fourth-order valence-corrected chi connectivity index (χ4v) is 3.96. The van der Waals surface area contributed by atoms with Crippen LogP contribution >= 0.6 is 11.6 Å². The Bertz CT molecular complexity index is 962. The third-order valence-corrected chi connectivity index (χ3v) is 5.50. The Morgan fingerprint density at radius 3 is 2.37 bits per heavy atom. The van der Waals surface area contributed by atoms with Crippen LogP contribution in [0.15, 0.2) is 47.4 Å². The fourth-order valence-electron chi connectivity index (χ4n) is 2.25. The molecule has 0 spiro atoms. The summed E-state index contributed by atoms with van der Waals surface area (Å²) in [5.41, 5.74) is -0.198. The maximum Gasteiger partial charge on any atom is 0.417 e. The lowest BCUT2D eigenvalue weighted by Crippen LogP contribution is -2.42. The molecule has 1 amide bonds. The van der Waals surface area contributed by atoms with Gasteiger partial charge in [0.2, 0.25) is 15.9 Å². The van der Waals surface area contributed by atoms with Gasteiger partial charge in [0.15, 0.2) is 0 Å². The van der Waals surface area contributed by atoms with Gasteiger partial charge in [-0.3, -0.25) is 4.79 Å². The minimum absolute atomic E-state index is 0.251. The number of benzene rings is 2. The van der Waals surface area contributed by atoms with Crippen LogP contribution in [0.25, 0.3) is 0 Å². The van der Waals surface area contributed by atoms with Gasteiger partial charge in [-0.2, -0.15) is 17.9 Å². The second kappa shape index (κ2) is 7.87.